The lowest BCUT2D eigenvalue weighted by atomic mass is 10.0. The smallest absolute Gasteiger partial charge is 0.141 e. The fourth-order valence-electron chi connectivity index (χ4n) is 3.09. The highest BCUT2D eigenvalue weighted by Crippen LogP contribution is 2.13. The van der Waals surface area contributed by atoms with Gasteiger partial charge in [0.05, 0.1) is 0 Å². The Morgan fingerprint density at radius 2 is 1.08 bits per heavy atom. The molecular formula is C21H40NO2-. The van der Waals surface area contributed by atoms with E-state index in [0.717, 1.165) is 17.7 Å². The average Bonchev–Trinajstić information content (AvgIpc) is 2.57. The predicted octanol–water partition coefficient (Wildman–Crippen LogP) is 6.04. The molecule has 0 aliphatic carbocycles. The first-order chi connectivity index (χ1) is 11.7. The highest BCUT2D eigenvalue weighted by Gasteiger charge is 1.99. The lowest BCUT2D eigenvalue weighted by Gasteiger charge is -2.19. The van der Waals surface area contributed by atoms with Crippen molar-refractivity contribution in [3.8, 4) is 0 Å². The zero-order valence-electron chi connectivity index (χ0n) is 16.1. The van der Waals surface area contributed by atoms with Gasteiger partial charge in [-0.15, -0.1) is 0 Å². The normalized spacial score (nSPS) is 10.7. The van der Waals surface area contributed by atoms with E-state index in [-0.39, 0.29) is 0 Å². The van der Waals surface area contributed by atoms with Crippen LogP contribution in [-0.4, -0.2) is 17.5 Å². The van der Waals surface area contributed by atoms with Crippen LogP contribution >= 0.6 is 0 Å². The maximum absolute atomic E-state index is 10.7. The zero-order chi connectivity index (χ0) is 17.9. The monoisotopic (exact) mass is 338 g/mol. The van der Waals surface area contributed by atoms with Crippen LogP contribution in [0, 0.1) is 0 Å². The molecule has 0 rings (SSSR count). The molecule has 3 nitrogen and oxygen atoms in total. The van der Waals surface area contributed by atoms with Gasteiger partial charge in [-0.25, -0.2) is 0 Å². The molecule has 142 valence electrons. The molecule has 0 heterocycles. The van der Waals surface area contributed by atoms with Crippen molar-refractivity contribution in [2.45, 2.75) is 110 Å². The van der Waals surface area contributed by atoms with Gasteiger partial charge in [0.15, 0.2) is 0 Å². The summed E-state index contributed by atoms with van der Waals surface area (Å²) in [6.45, 7) is 6.27. The Bertz CT molecular complexity index is 292. The van der Waals surface area contributed by atoms with E-state index in [1.807, 2.05) is 0 Å². The van der Waals surface area contributed by atoms with Gasteiger partial charge < -0.3 is 14.8 Å². The van der Waals surface area contributed by atoms with Crippen LogP contribution in [0.5, 0.6) is 0 Å². The van der Waals surface area contributed by atoms with Crippen molar-refractivity contribution in [2.24, 2.45) is 0 Å². The van der Waals surface area contributed by atoms with Gasteiger partial charge in [-0.3, -0.25) is 0 Å². The van der Waals surface area contributed by atoms with Gasteiger partial charge >= 0.3 is 0 Å². The predicted molar refractivity (Wildman–Crippen MR) is 102 cm³/mol. The molecule has 1 amide bonds. The van der Waals surface area contributed by atoms with Crippen molar-refractivity contribution >= 4 is 6.09 Å². The molecule has 0 bridgehead atoms. The molecule has 0 N–H and O–H groups in total. The second-order valence-electron chi connectivity index (χ2n) is 6.95. The number of carbonyl (C=O) groups excluding carboxylic acids is 1. The number of carboxylic acid groups (broad SMARTS) is 1. The Hall–Kier alpha value is -0.990. The van der Waals surface area contributed by atoms with Gasteiger partial charge in [0.2, 0.25) is 0 Å². The molecular weight excluding hydrogens is 298 g/mol. The molecule has 24 heavy (non-hydrogen) atoms. The molecule has 0 aromatic heterocycles. The Kier molecular flexibility index (Phi) is 17.6. The highest BCUT2D eigenvalue weighted by atomic mass is 16.4. The summed E-state index contributed by atoms with van der Waals surface area (Å²) in [5.74, 6) is 0. The molecule has 0 spiro atoms. The minimum Gasteiger partial charge on any atom is -0.530 e. The van der Waals surface area contributed by atoms with E-state index in [1.165, 1.54) is 96.1 Å². The first kappa shape index (κ1) is 23.0. The summed E-state index contributed by atoms with van der Waals surface area (Å²) in [5, 5.41) is 10.7. The molecule has 0 aromatic rings. The van der Waals surface area contributed by atoms with Crippen molar-refractivity contribution in [1.82, 2.24) is 4.90 Å². The lowest BCUT2D eigenvalue weighted by Crippen LogP contribution is -2.37. The van der Waals surface area contributed by atoms with Gasteiger partial charge in [0.25, 0.3) is 0 Å². The summed E-state index contributed by atoms with van der Waals surface area (Å²) in [6.07, 6.45) is 21.4. The molecule has 0 unspecified atom stereocenters. The average molecular weight is 339 g/mol. The van der Waals surface area contributed by atoms with Crippen LogP contribution in [-0.2, 0) is 0 Å². The summed E-state index contributed by atoms with van der Waals surface area (Å²) in [6, 6.07) is 0. The third-order valence-electron chi connectivity index (χ3n) is 4.71. The van der Waals surface area contributed by atoms with Crippen LogP contribution in [0.15, 0.2) is 12.8 Å². The minimum atomic E-state index is -1.15. The number of carbonyl (C=O) groups is 1. The summed E-state index contributed by atoms with van der Waals surface area (Å²) >= 11 is 0. The molecule has 0 saturated carbocycles. The topological polar surface area (TPSA) is 43.4 Å². The Morgan fingerprint density at radius 1 is 0.750 bits per heavy atom. The second kappa shape index (κ2) is 18.4. The van der Waals surface area contributed by atoms with Gasteiger partial charge in [-0.2, -0.15) is 0 Å². The van der Waals surface area contributed by atoms with Gasteiger partial charge in [0, 0.05) is 6.54 Å². The van der Waals surface area contributed by atoms with Crippen LogP contribution in [0.1, 0.15) is 110 Å². The van der Waals surface area contributed by atoms with E-state index in [9.17, 15) is 9.90 Å². The molecule has 0 aromatic carbocycles. The van der Waals surface area contributed by atoms with Crippen LogP contribution in [0.25, 0.3) is 0 Å². The number of hydrogen-bond donors (Lipinski definition) is 0. The van der Waals surface area contributed by atoms with Gasteiger partial charge in [-0.1, -0.05) is 110 Å². The maximum Gasteiger partial charge on any atom is 0.141 e. The summed E-state index contributed by atoms with van der Waals surface area (Å²) in [5.41, 5.74) is 0. The van der Waals surface area contributed by atoms with Crippen LogP contribution in [0.4, 0.5) is 4.79 Å². The lowest BCUT2D eigenvalue weighted by molar-refractivity contribution is -0.262. The first-order valence-electron chi connectivity index (χ1n) is 10.3. The summed E-state index contributed by atoms with van der Waals surface area (Å²) in [4.78, 5) is 11.8. The Morgan fingerprint density at radius 3 is 1.38 bits per heavy atom. The largest absolute Gasteiger partial charge is 0.530 e. The number of unbranched alkanes of at least 4 members (excludes halogenated alkanes) is 15. The van der Waals surface area contributed by atoms with Crippen molar-refractivity contribution in [3.63, 3.8) is 0 Å². The molecule has 0 fully saturated rings. The van der Waals surface area contributed by atoms with Gasteiger partial charge in [0.1, 0.15) is 6.09 Å². The zero-order valence-corrected chi connectivity index (χ0v) is 16.1. The minimum absolute atomic E-state index is 0.518. The van der Waals surface area contributed by atoms with Crippen LogP contribution < -0.4 is 5.11 Å². The number of amides is 1. The van der Waals surface area contributed by atoms with Crippen molar-refractivity contribution < 1.29 is 9.90 Å². The second-order valence-corrected chi connectivity index (χ2v) is 6.95. The molecule has 0 radical (unpaired) electrons. The van der Waals surface area contributed by atoms with E-state index in [2.05, 4.69) is 13.5 Å². The third kappa shape index (κ3) is 15.9. The molecule has 0 atom stereocenters. The fraction of sp³-hybridized carbons (Fsp3) is 0.857. The maximum atomic E-state index is 10.7. The standard InChI is InChI=1S/C21H41NO2/c1-3-5-6-7-8-9-10-11-12-13-14-15-16-17-18-19-20-22(4-2)21(23)24/h4H,2-3,5-20H2,1H3,(H,23,24)/p-1. The number of hydrogen-bond acceptors (Lipinski definition) is 2. The van der Waals surface area contributed by atoms with Crippen molar-refractivity contribution in [3.05, 3.63) is 12.8 Å². The van der Waals surface area contributed by atoms with Crippen molar-refractivity contribution in [2.75, 3.05) is 6.54 Å². The molecule has 0 saturated heterocycles. The Balaban J connectivity index is 3.12. The first-order valence-corrected chi connectivity index (χ1v) is 10.3. The molecule has 0 aliphatic rings. The Labute approximate surface area is 150 Å². The van der Waals surface area contributed by atoms with Crippen LogP contribution in [0.3, 0.4) is 0 Å². The van der Waals surface area contributed by atoms with E-state index >= 15 is 0 Å². The SMILES string of the molecule is C=CN(CCCCCCCCCCCCCCCCCC)C(=O)[O-]. The van der Waals surface area contributed by atoms with Gasteiger partial charge in [-0.05, 0) is 12.6 Å². The molecule has 0 aliphatic heterocycles. The summed E-state index contributed by atoms with van der Waals surface area (Å²) in [7, 11) is 0. The van der Waals surface area contributed by atoms with Crippen molar-refractivity contribution in [1.29, 1.82) is 0 Å². The number of rotatable bonds is 18. The highest BCUT2D eigenvalue weighted by molar-refractivity contribution is 5.63. The quantitative estimate of drug-likeness (QED) is 0.286. The number of nitrogens with zero attached hydrogens (tertiary/aromatic N) is 1. The summed E-state index contributed by atoms with van der Waals surface area (Å²) < 4.78 is 0. The van der Waals surface area contributed by atoms with Crippen LogP contribution in [0.2, 0.25) is 0 Å². The third-order valence-corrected chi connectivity index (χ3v) is 4.71. The van der Waals surface area contributed by atoms with E-state index in [1.54, 1.807) is 0 Å². The van der Waals surface area contributed by atoms with E-state index < -0.39 is 6.09 Å². The molecule has 3 heteroatoms. The fourth-order valence-corrected chi connectivity index (χ4v) is 3.09. The van der Waals surface area contributed by atoms with E-state index in [0.29, 0.717) is 6.54 Å². The van der Waals surface area contributed by atoms with E-state index in [4.69, 9.17) is 0 Å².